The van der Waals surface area contributed by atoms with Crippen LogP contribution >= 0.6 is 0 Å². The number of nitrogens with one attached hydrogen (secondary N) is 1. The molecule has 0 saturated carbocycles. The lowest BCUT2D eigenvalue weighted by Crippen LogP contribution is -2.30. The van der Waals surface area contributed by atoms with Gasteiger partial charge in [-0.1, -0.05) is 0 Å². The number of rotatable bonds is 5. The Labute approximate surface area is 127 Å². The van der Waals surface area contributed by atoms with Crippen LogP contribution < -0.4 is 14.8 Å². The molecular formula is C15H20F3NO3. The molecule has 2 rings (SSSR count). The Kier molecular flexibility index (Phi) is 5.18. The smallest absolute Gasteiger partial charge is 0.420 e. The van der Waals surface area contributed by atoms with Gasteiger partial charge in [0, 0.05) is 18.7 Å². The largest absolute Gasteiger partial charge is 0.496 e. The van der Waals surface area contributed by atoms with Crippen molar-refractivity contribution in [3.63, 3.8) is 0 Å². The van der Waals surface area contributed by atoms with Crippen molar-refractivity contribution >= 4 is 0 Å². The first kappa shape index (κ1) is 16.9. The van der Waals surface area contributed by atoms with E-state index in [0.717, 1.165) is 25.5 Å². The number of hydrogen-bond donors (Lipinski definition) is 1. The lowest BCUT2D eigenvalue weighted by Gasteiger charge is -2.26. The van der Waals surface area contributed by atoms with E-state index < -0.39 is 17.8 Å². The van der Waals surface area contributed by atoms with Crippen LogP contribution in [0, 0.1) is 0 Å². The summed E-state index contributed by atoms with van der Waals surface area (Å²) in [6.07, 6.45) is -3.00. The lowest BCUT2D eigenvalue weighted by molar-refractivity contribution is -0.138. The molecule has 7 heteroatoms. The maximum Gasteiger partial charge on any atom is 0.420 e. The predicted molar refractivity (Wildman–Crippen MR) is 75.3 cm³/mol. The molecule has 1 fully saturated rings. The minimum Gasteiger partial charge on any atom is -0.496 e. The molecule has 2 atom stereocenters. The van der Waals surface area contributed by atoms with Crippen LogP contribution in [-0.2, 0) is 10.9 Å². The Bertz CT molecular complexity index is 513. The summed E-state index contributed by atoms with van der Waals surface area (Å²) in [5.41, 5.74) is -0.306. The highest BCUT2D eigenvalue weighted by Gasteiger charge is 2.37. The summed E-state index contributed by atoms with van der Waals surface area (Å²) >= 11 is 0. The summed E-state index contributed by atoms with van der Waals surface area (Å²) < 4.78 is 54.9. The van der Waals surface area contributed by atoms with Crippen molar-refractivity contribution in [2.75, 3.05) is 27.9 Å². The first-order chi connectivity index (χ1) is 10.4. The zero-order valence-electron chi connectivity index (χ0n) is 12.8. The fourth-order valence-electron chi connectivity index (χ4n) is 2.84. The van der Waals surface area contributed by atoms with E-state index in [1.807, 2.05) is 0 Å². The third-order valence-electron chi connectivity index (χ3n) is 3.88. The third kappa shape index (κ3) is 3.30. The van der Waals surface area contributed by atoms with E-state index in [0.29, 0.717) is 5.56 Å². The van der Waals surface area contributed by atoms with Crippen LogP contribution in [0.1, 0.15) is 30.1 Å². The van der Waals surface area contributed by atoms with Gasteiger partial charge < -0.3 is 19.5 Å². The maximum absolute atomic E-state index is 13.1. The Morgan fingerprint density at radius 2 is 1.82 bits per heavy atom. The highest BCUT2D eigenvalue weighted by Crippen LogP contribution is 2.43. The van der Waals surface area contributed by atoms with Crippen LogP contribution in [0.2, 0.25) is 0 Å². The van der Waals surface area contributed by atoms with Crippen LogP contribution in [0.4, 0.5) is 13.2 Å². The van der Waals surface area contributed by atoms with Crippen molar-refractivity contribution in [3.8, 4) is 11.5 Å². The van der Waals surface area contributed by atoms with E-state index in [9.17, 15) is 13.2 Å². The molecule has 124 valence electrons. The minimum absolute atomic E-state index is 0.0420. The second kappa shape index (κ2) is 6.75. The molecule has 0 amide bonds. The molecule has 0 radical (unpaired) electrons. The number of alkyl halides is 3. The van der Waals surface area contributed by atoms with Gasteiger partial charge in [-0.3, -0.25) is 0 Å². The van der Waals surface area contributed by atoms with Gasteiger partial charge in [-0.2, -0.15) is 13.2 Å². The van der Waals surface area contributed by atoms with E-state index in [1.165, 1.54) is 27.4 Å². The molecule has 1 saturated heterocycles. The number of ether oxygens (including phenoxy) is 3. The topological polar surface area (TPSA) is 39.7 Å². The van der Waals surface area contributed by atoms with Gasteiger partial charge in [0.1, 0.15) is 23.2 Å². The van der Waals surface area contributed by atoms with Gasteiger partial charge in [-0.25, -0.2) is 0 Å². The van der Waals surface area contributed by atoms with E-state index in [4.69, 9.17) is 14.2 Å². The van der Waals surface area contributed by atoms with E-state index in [-0.39, 0.29) is 17.5 Å². The van der Waals surface area contributed by atoms with Gasteiger partial charge in [0.15, 0.2) is 0 Å². The minimum atomic E-state index is -4.51. The molecular weight excluding hydrogens is 299 g/mol. The normalized spacial score (nSPS) is 20.0. The Hall–Kier alpha value is -1.47. The van der Waals surface area contributed by atoms with Crippen LogP contribution in [0.3, 0.4) is 0 Å². The monoisotopic (exact) mass is 319 g/mol. The number of methoxy groups -OCH3 is 3. The summed E-state index contributed by atoms with van der Waals surface area (Å²) in [5, 5.41) is 3.30. The summed E-state index contributed by atoms with van der Waals surface area (Å²) in [6.45, 7) is 0.866. The summed E-state index contributed by atoms with van der Waals surface area (Å²) in [7, 11) is 4.10. The number of benzene rings is 1. The van der Waals surface area contributed by atoms with Crippen molar-refractivity contribution < 1.29 is 27.4 Å². The molecule has 1 aliphatic rings. The Morgan fingerprint density at radius 1 is 1.14 bits per heavy atom. The average molecular weight is 319 g/mol. The summed E-state index contributed by atoms with van der Waals surface area (Å²) in [5.74, 6) is -0.0861. The maximum atomic E-state index is 13.1. The van der Waals surface area contributed by atoms with E-state index in [1.54, 1.807) is 0 Å². The van der Waals surface area contributed by atoms with Gasteiger partial charge in [-0.15, -0.1) is 0 Å². The van der Waals surface area contributed by atoms with Gasteiger partial charge in [0.05, 0.1) is 14.2 Å². The van der Waals surface area contributed by atoms with E-state index >= 15 is 0 Å². The number of hydrogen-bond acceptors (Lipinski definition) is 4. The van der Waals surface area contributed by atoms with Crippen LogP contribution in [0.15, 0.2) is 12.1 Å². The molecule has 4 nitrogen and oxygen atoms in total. The van der Waals surface area contributed by atoms with Gasteiger partial charge >= 0.3 is 6.18 Å². The van der Waals surface area contributed by atoms with Gasteiger partial charge in [0.2, 0.25) is 0 Å². The van der Waals surface area contributed by atoms with E-state index in [2.05, 4.69) is 5.32 Å². The van der Waals surface area contributed by atoms with Crippen molar-refractivity contribution in [1.29, 1.82) is 0 Å². The third-order valence-corrected chi connectivity index (χ3v) is 3.88. The molecule has 0 unspecified atom stereocenters. The lowest BCUT2D eigenvalue weighted by atomic mass is 9.97. The highest BCUT2D eigenvalue weighted by molar-refractivity contribution is 5.49. The van der Waals surface area contributed by atoms with Crippen molar-refractivity contribution in [1.82, 2.24) is 5.32 Å². The molecule has 1 heterocycles. The first-order valence-corrected chi connectivity index (χ1v) is 7.01. The first-order valence-electron chi connectivity index (χ1n) is 7.01. The molecule has 1 aromatic carbocycles. The molecule has 22 heavy (non-hydrogen) atoms. The molecule has 0 bridgehead atoms. The SMILES string of the molecule is COc1cc(C(F)(F)F)c(OC)cc1[C@@H](OC)[C@H]1CCCN1. The zero-order chi connectivity index (χ0) is 16.3. The summed E-state index contributed by atoms with van der Waals surface area (Å²) in [6, 6.07) is 2.37. The van der Waals surface area contributed by atoms with Crippen molar-refractivity contribution in [2.24, 2.45) is 0 Å². The number of halogens is 3. The quantitative estimate of drug-likeness (QED) is 0.905. The molecule has 1 aliphatic heterocycles. The predicted octanol–water partition coefficient (Wildman–Crippen LogP) is 3.16. The second-order valence-corrected chi connectivity index (χ2v) is 5.15. The van der Waals surface area contributed by atoms with Crippen LogP contribution in [0.25, 0.3) is 0 Å². The Morgan fingerprint density at radius 3 is 2.27 bits per heavy atom. The molecule has 0 spiro atoms. The standard InChI is InChI=1S/C15H20F3NO3/c1-20-12-8-10(15(16,17)18)13(21-2)7-9(12)14(22-3)11-5-4-6-19-11/h7-8,11,14,19H,4-6H2,1-3H3/t11-,14-/m1/s1. The average Bonchev–Trinajstić information content (AvgIpc) is 3.00. The highest BCUT2D eigenvalue weighted by atomic mass is 19.4. The van der Waals surface area contributed by atoms with Crippen LogP contribution in [0.5, 0.6) is 11.5 Å². The Balaban J connectivity index is 2.50. The zero-order valence-corrected chi connectivity index (χ0v) is 12.8. The van der Waals surface area contributed by atoms with Crippen LogP contribution in [-0.4, -0.2) is 33.9 Å². The fraction of sp³-hybridized carbons (Fsp3) is 0.600. The van der Waals surface area contributed by atoms with Gasteiger partial charge in [0.25, 0.3) is 0 Å². The van der Waals surface area contributed by atoms with Crippen molar-refractivity contribution in [3.05, 3.63) is 23.3 Å². The molecule has 0 aromatic heterocycles. The van der Waals surface area contributed by atoms with Crippen molar-refractivity contribution in [2.45, 2.75) is 31.2 Å². The second-order valence-electron chi connectivity index (χ2n) is 5.15. The van der Waals surface area contributed by atoms with Gasteiger partial charge in [-0.05, 0) is 31.5 Å². The molecule has 1 N–H and O–H groups in total. The summed E-state index contributed by atoms with van der Waals surface area (Å²) in [4.78, 5) is 0. The molecule has 0 aliphatic carbocycles. The fourth-order valence-corrected chi connectivity index (χ4v) is 2.84. The molecule has 1 aromatic rings.